The summed E-state index contributed by atoms with van der Waals surface area (Å²) in [6.07, 6.45) is 4.40. The highest BCUT2D eigenvalue weighted by Gasteiger charge is 2.16. The number of nitrogens with zero attached hydrogens (tertiary/aromatic N) is 2. The van der Waals surface area contributed by atoms with Gasteiger partial charge in [0, 0.05) is 12.6 Å². The Morgan fingerprint density at radius 2 is 2.00 bits per heavy atom. The maximum Gasteiger partial charge on any atom is 0.0958 e. The highest BCUT2D eigenvalue weighted by Crippen LogP contribution is 2.22. The molecular formula is C17H27N3. The second-order valence-corrected chi connectivity index (χ2v) is 6.74. The van der Waals surface area contributed by atoms with Crippen LogP contribution in [0.25, 0.3) is 11.0 Å². The lowest BCUT2D eigenvalue weighted by Crippen LogP contribution is -2.33. The minimum atomic E-state index is 0.394. The van der Waals surface area contributed by atoms with E-state index in [1.807, 2.05) is 12.4 Å². The Morgan fingerprint density at radius 1 is 1.25 bits per heavy atom. The van der Waals surface area contributed by atoms with Crippen LogP contribution in [0.4, 0.5) is 0 Å². The molecular weight excluding hydrogens is 246 g/mol. The molecule has 2 aromatic rings. The Bertz CT molecular complexity index is 536. The summed E-state index contributed by atoms with van der Waals surface area (Å²) in [5.41, 5.74) is 2.70. The number of likely N-dealkylation sites (N-methyl/N-ethyl adjacent to an activating group) is 1. The molecule has 1 atom stereocenters. The Labute approximate surface area is 122 Å². The first kappa shape index (κ1) is 15.0. The highest BCUT2D eigenvalue weighted by molar-refractivity contribution is 5.74. The number of nitrogens with one attached hydrogen (secondary N) is 1. The van der Waals surface area contributed by atoms with Gasteiger partial charge in [-0.05, 0) is 36.9 Å². The van der Waals surface area contributed by atoms with Gasteiger partial charge in [-0.15, -0.1) is 0 Å². The maximum absolute atomic E-state index is 4.48. The third-order valence-electron chi connectivity index (χ3n) is 3.68. The molecule has 1 aromatic carbocycles. The number of benzene rings is 1. The van der Waals surface area contributed by atoms with Crippen molar-refractivity contribution in [3.63, 3.8) is 0 Å². The second kappa shape index (κ2) is 6.40. The third kappa shape index (κ3) is 4.07. The number of fused-ring (bicyclic) bond motifs is 1. The molecule has 0 saturated carbocycles. The first-order valence-electron chi connectivity index (χ1n) is 7.63. The molecule has 1 unspecified atom stereocenters. The van der Waals surface area contributed by atoms with Gasteiger partial charge in [0.2, 0.25) is 0 Å². The molecule has 0 aliphatic rings. The van der Waals surface area contributed by atoms with Crippen LogP contribution in [-0.2, 0) is 6.54 Å². The number of para-hydroxylation sites is 2. The summed E-state index contributed by atoms with van der Waals surface area (Å²) in [7, 11) is 0. The molecule has 0 aliphatic heterocycles. The van der Waals surface area contributed by atoms with Gasteiger partial charge in [-0.2, -0.15) is 0 Å². The minimum absolute atomic E-state index is 0.394. The molecule has 3 nitrogen and oxygen atoms in total. The molecule has 3 heteroatoms. The molecule has 0 spiro atoms. The SMILES string of the molecule is CCNC(CCC(C)(C)C)Cn1cnc2ccccc21. The molecule has 0 amide bonds. The van der Waals surface area contributed by atoms with Gasteiger partial charge < -0.3 is 9.88 Å². The van der Waals surface area contributed by atoms with E-state index < -0.39 is 0 Å². The van der Waals surface area contributed by atoms with Crippen molar-refractivity contribution in [1.29, 1.82) is 0 Å². The number of hydrogen-bond acceptors (Lipinski definition) is 2. The van der Waals surface area contributed by atoms with Crippen molar-refractivity contribution in [2.45, 2.75) is 53.1 Å². The first-order chi connectivity index (χ1) is 9.49. The molecule has 0 radical (unpaired) electrons. The molecule has 0 fully saturated rings. The van der Waals surface area contributed by atoms with E-state index in [-0.39, 0.29) is 0 Å². The lowest BCUT2D eigenvalue weighted by molar-refractivity contribution is 0.318. The van der Waals surface area contributed by atoms with Crippen molar-refractivity contribution in [3.05, 3.63) is 30.6 Å². The molecule has 2 rings (SSSR count). The van der Waals surface area contributed by atoms with E-state index >= 15 is 0 Å². The fourth-order valence-electron chi connectivity index (χ4n) is 2.55. The van der Waals surface area contributed by atoms with Crippen LogP contribution in [0.15, 0.2) is 30.6 Å². The van der Waals surface area contributed by atoms with E-state index in [9.17, 15) is 0 Å². The van der Waals surface area contributed by atoms with E-state index in [4.69, 9.17) is 0 Å². The van der Waals surface area contributed by atoms with Crippen LogP contribution >= 0.6 is 0 Å². The first-order valence-corrected chi connectivity index (χ1v) is 7.63. The monoisotopic (exact) mass is 273 g/mol. The Kier molecular flexibility index (Phi) is 4.81. The fraction of sp³-hybridized carbons (Fsp3) is 0.588. The van der Waals surface area contributed by atoms with Crippen molar-refractivity contribution < 1.29 is 0 Å². The van der Waals surface area contributed by atoms with Gasteiger partial charge in [-0.1, -0.05) is 39.8 Å². The summed E-state index contributed by atoms with van der Waals surface area (Å²) in [6, 6.07) is 8.86. The minimum Gasteiger partial charge on any atom is -0.329 e. The van der Waals surface area contributed by atoms with Crippen LogP contribution in [0.2, 0.25) is 0 Å². The predicted octanol–water partition coefficient (Wildman–Crippen LogP) is 3.84. The average molecular weight is 273 g/mol. The van der Waals surface area contributed by atoms with Crippen molar-refractivity contribution >= 4 is 11.0 Å². The molecule has 0 saturated heterocycles. The summed E-state index contributed by atoms with van der Waals surface area (Å²) in [6.45, 7) is 11.1. The fourth-order valence-corrected chi connectivity index (χ4v) is 2.55. The molecule has 0 bridgehead atoms. The largest absolute Gasteiger partial charge is 0.329 e. The van der Waals surface area contributed by atoms with Crippen molar-refractivity contribution in [3.8, 4) is 0 Å². The van der Waals surface area contributed by atoms with Gasteiger partial charge in [0.1, 0.15) is 0 Å². The van der Waals surface area contributed by atoms with Crippen LogP contribution in [0.3, 0.4) is 0 Å². The standard InChI is InChI=1S/C17H27N3/c1-5-18-14(10-11-17(2,3)4)12-20-13-19-15-8-6-7-9-16(15)20/h6-9,13-14,18H,5,10-12H2,1-4H3. The second-order valence-electron chi connectivity index (χ2n) is 6.74. The Hall–Kier alpha value is -1.35. The zero-order valence-electron chi connectivity index (χ0n) is 13.2. The predicted molar refractivity (Wildman–Crippen MR) is 85.9 cm³/mol. The van der Waals surface area contributed by atoms with E-state index in [2.05, 4.69) is 60.8 Å². The van der Waals surface area contributed by atoms with E-state index in [1.54, 1.807) is 0 Å². The average Bonchev–Trinajstić information content (AvgIpc) is 2.79. The number of aromatic nitrogens is 2. The molecule has 1 N–H and O–H groups in total. The van der Waals surface area contributed by atoms with Crippen molar-refractivity contribution in [2.24, 2.45) is 5.41 Å². The lowest BCUT2D eigenvalue weighted by Gasteiger charge is -2.24. The van der Waals surface area contributed by atoms with Gasteiger partial charge in [0.05, 0.1) is 17.4 Å². The van der Waals surface area contributed by atoms with Crippen molar-refractivity contribution in [2.75, 3.05) is 6.54 Å². The van der Waals surface area contributed by atoms with Gasteiger partial charge >= 0.3 is 0 Å². The third-order valence-corrected chi connectivity index (χ3v) is 3.68. The smallest absolute Gasteiger partial charge is 0.0958 e. The van der Waals surface area contributed by atoms with Crippen LogP contribution < -0.4 is 5.32 Å². The summed E-state index contributed by atoms with van der Waals surface area (Å²) in [5.74, 6) is 0. The number of hydrogen-bond donors (Lipinski definition) is 1. The molecule has 110 valence electrons. The van der Waals surface area contributed by atoms with Gasteiger partial charge in [-0.3, -0.25) is 0 Å². The highest BCUT2D eigenvalue weighted by atomic mass is 15.1. The summed E-state index contributed by atoms with van der Waals surface area (Å²) in [4.78, 5) is 4.48. The summed E-state index contributed by atoms with van der Waals surface area (Å²) < 4.78 is 2.27. The molecule has 0 aliphatic carbocycles. The zero-order chi connectivity index (χ0) is 14.6. The zero-order valence-corrected chi connectivity index (χ0v) is 13.2. The lowest BCUT2D eigenvalue weighted by atomic mass is 9.88. The molecule has 1 heterocycles. The van der Waals surface area contributed by atoms with Gasteiger partial charge in [0.15, 0.2) is 0 Å². The van der Waals surface area contributed by atoms with Crippen LogP contribution in [0.1, 0.15) is 40.5 Å². The summed E-state index contributed by atoms with van der Waals surface area (Å²) >= 11 is 0. The summed E-state index contributed by atoms with van der Waals surface area (Å²) in [5, 5.41) is 3.61. The van der Waals surface area contributed by atoms with Gasteiger partial charge in [-0.25, -0.2) is 4.98 Å². The van der Waals surface area contributed by atoms with E-state index in [1.165, 1.54) is 18.4 Å². The Balaban J connectivity index is 2.07. The normalized spacial score (nSPS) is 13.8. The quantitative estimate of drug-likeness (QED) is 0.866. The van der Waals surface area contributed by atoms with Crippen molar-refractivity contribution in [1.82, 2.24) is 14.9 Å². The number of rotatable bonds is 6. The molecule has 1 aromatic heterocycles. The van der Waals surface area contributed by atoms with Crippen LogP contribution in [-0.4, -0.2) is 22.1 Å². The van der Waals surface area contributed by atoms with E-state index in [0.29, 0.717) is 11.5 Å². The van der Waals surface area contributed by atoms with Crippen LogP contribution in [0, 0.1) is 5.41 Å². The topological polar surface area (TPSA) is 29.9 Å². The Morgan fingerprint density at radius 3 is 2.70 bits per heavy atom. The van der Waals surface area contributed by atoms with Gasteiger partial charge in [0.25, 0.3) is 0 Å². The van der Waals surface area contributed by atoms with E-state index in [0.717, 1.165) is 18.6 Å². The van der Waals surface area contributed by atoms with Crippen LogP contribution in [0.5, 0.6) is 0 Å². The number of imidazole rings is 1. The maximum atomic E-state index is 4.48. The molecule has 20 heavy (non-hydrogen) atoms.